The maximum Gasteiger partial charge on any atom is 0.163 e. The molecule has 0 saturated carbocycles. The number of nitrogens with two attached hydrogens (primary N) is 1. The number of ether oxygens (including phenoxy) is 1. The summed E-state index contributed by atoms with van der Waals surface area (Å²) in [6, 6.07) is 9.02. The van der Waals surface area contributed by atoms with Crippen molar-refractivity contribution in [3.63, 3.8) is 0 Å². The van der Waals surface area contributed by atoms with Gasteiger partial charge in [-0.25, -0.2) is 14.2 Å². The highest BCUT2D eigenvalue weighted by Gasteiger charge is 2.21. The van der Waals surface area contributed by atoms with Gasteiger partial charge in [0.25, 0.3) is 0 Å². The van der Waals surface area contributed by atoms with E-state index in [0.717, 1.165) is 29.4 Å². The van der Waals surface area contributed by atoms with Crippen LogP contribution in [0.15, 0.2) is 36.4 Å². The number of hydrazine groups is 1. The Morgan fingerprint density at radius 2 is 2.05 bits per heavy atom. The lowest BCUT2D eigenvalue weighted by atomic mass is 9.96. The molecule has 2 aromatic rings. The van der Waals surface area contributed by atoms with E-state index < -0.39 is 17.7 Å². The summed E-state index contributed by atoms with van der Waals surface area (Å²) in [6.45, 7) is 0.647. The van der Waals surface area contributed by atoms with Gasteiger partial charge in [0.15, 0.2) is 11.6 Å². The van der Waals surface area contributed by atoms with Gasteiger partial charge < -0.3 is 4.74 Å². The highest BCUT2D eigenvalue weighted by atomic mass is 19.2. The van der Waals surface area contributed by atoms with Gasteiger partial charge in [-0.1, -0.05) is 24.3 Å². The Bertz CT molecular complexity index is 646. The molecule has 2 aromatic carbocycles. The molecule has 0 spiro atoms. The summed E-state index contributed by atoms with van der Waals surface area (Å²) in [5.41, 5.74) is 4.57. The molecule has 1 aliphatic rings. The normalized spacial score (nSPS) is 14.8. The van der Waals surface area contributed by atoms with E-state index in [1.165, 1.54) is 12.1 Å². The minimum Gasteiger partial charge on any atom is -0.493 e. The van der Waals surface area contributed by atoms with Crippen LogP contribution in [0.5, 0.6) is 5.75 Å². The molecule has 0 bridgehead atoms. The number of hydrogen-bond acceptors (Lipinski definition) is 3. The Morgan fingerprint density at radius 3 is 2.85 bits per heavy atom. The molecular formula is C15H14F2N2O. The SMILES string of the molecule is NNC(c1ccc2c(c1)CCO2)c1cccc(F)c1F. The van der Waals surface area contributed by atoms with Gasteiger partial charge in [-0.3, -0.25) is 5.84 Å². The van der Waals surface area contributed by atoms with Crippen molar-refractivity contribution < 1.29 is 13.5 Å². The monoisotopic (exact) mass is 276 g/mol. The molecule has 0 radical (unpaired) electrons. The van der Waals surface area contributed by atoms with Gasteiger partial charge >= 0.3 is 0 Å². The molecule has 20 heavy (non-hydrogen) atoms. The second-order valence-electron chi connectivity index (χ2n) is 4.71. The first kappa shape index (κ1) is 13.0. The van der Waals surface area contributed by atoms with Crippen molar-refractivity contribution >= 4 is 0 Å². The molecule has 5 heteroatoms. The fourth-order valence-electron chi connectivity index (χ4n) is 2.50. The molecule has 3 rings (SSSR count). The Morgan fingerprint density at radius 1 is 1.20 bits per heavy atom. The number of fused-ring (bicyclic) bond motifs is 1. The minimum absolute atomic E-state index is 0.186. The van der Waals surface area contributed by atoms with Crippen LogP contribution >= 0.6 is 0 Å². The highest BCUT2D eigenvalue weighted by Crippen LogP contribution is 2.31. The summed E-state index contributed by atoms with van der Waals surface area (Å²) in [5.74, 6) is 4.60. The van der Waals surface area contributed by atoms with E-state index in [1.807, 2.05) is 12.1 Å². The van der Waals surface area contributed by atoms with Crippen molar-refractivity contribution in [2.24, 2.45) is 5.84 Å². The first-order valence-electron chi connectivity index (χ1n) is 6.36. The number of rotatable bonds is 3. The molecule has 1 aliphatic heterocycles. The second kappa shape index (κ2) is 5.19. The average molecular weight is 276 g/mol. The molecule has 0 aromatic heterocycles. The summed E-state index contributed by atoms with van der Waals surface area (Å²) in [4.78, 5) is 0. The maximum atomic E-state index is 13.9. The van der Waals surface area contributed by atoms with Gasteiger partial charge in [-0.15, -0.1) is 0 Å². The van der Waals surface area contributed by atoms with E-state index in [4.69, 9.17) is 10.6 Å². The topological polar surface area (TPSA) is 47.3 Å². The van der Waals surface area contributed by atoms with E-state index >= 15 is 0 Å². The summed E-state index contributed by atoms with van der Waals surface area (Å²) < 4.78 is 32.7. The Hall–Kier alpha value is -1.98. The molecule has 0 saturated heterocycles. The summed E-state index contributed by atoms with van der Waals surface area (Å²) in [6.07, 6.45) is 0.812. The van der Waals surface area contributed by atoms with Crippen molar-refractivity contribution in [1.29, 1.82) is 0 Å². The van der Waals surface area contributed by atoms with E-state index in [0.29, 0.717) is 6.61 Å². The number of nitrogens with one attached hydrogen (secondary N) is 1. The standard InChI is InChI=1S/C15H14F2N2O/c16-12-3-1-2-11(14(12)17)15(19-18)10-4-5-13-9(8-10)6-7-20-13/h1-5,8,15,19H,6-7,18H2. The lowest BCUT2D eigenvalue weighted by molar-refractivity contribution is 0.356. The van der Waals surface area contributed by atoms with Crippen molar-refractivity contribution in [3.8, 4) is 5.75 Å². The number of benzene rings is 2. The van der Waals surface area contributed by atoms with Crippen LogP contribution in [-0.2, 0) is 6.42 Å². The molecule has 0 fully saturated rings. The van der Waals surface area contributed by atoms with Gasteiger partial charge in [0, 0.05) is 12.0 Å². The first-order chi connectivity index (χ1) is 9.70. The molecule has 0 aliphatic carbocycles. The fourth-order valence-corrected chi connectivity index (χ4v) is 2.50. The highest BCUT2D eigenvalue weighted by molar-refractivity contribution is 5.43. The molecular weight excluding hydrogens is 262 g/mol. The molecule has 1 atom stereocenters. The van der Waals surface area contributed by atoms with Crippen LogP contribution in [0, 0.1) is 11.6 Å². The summed E-state index contributed by atoms with van der Waals surface area (Å²) >= 11 is 0. The second-order valence-corrected chi connectivity index (χ2v) is 4.71. The number of halogens is 2. The van der Waals surface area contributed by atoms with E-state index in [1.54, 1.807) is 6.07 Å². The van der Waals surface area contributed by atoms with E-state index in [2.05, 4.69) is 5.43 Å². The van der Waals surface area contributed by atoms with Crippen LogP contribution in [-0.4, -0.2) is 6.61 Å². The lowest BCUT2D eigenvalue weighted by Gasteiger charge is -2.18. The first-order valence-corrected chi connectivity index (χ1v) is 6.36. The molecule has 0 amide bonds. The minimum atomic E-state index is -0.882. The van der Waals surface area contributed by atoms with Crippen molar-refractivity contribution in [1.82, 2.24) is 5.43 Å². The molecule has 3 nitrogen and oxygen atoms in total. The predicted octanol–water partition coefficient (Wildman–Crippen LogP) is 2.45. The van der Waals surface area contributed by atoms with Gasteiger partial charge in [0.05, 0.1) is 12.6 Å². The maximum absolute atomic E-state index is 13.9. The molecule has 3 N–H and O–H groups in total. The lowest BCUT2D eigenvalue weighted by Crippen LogP contribution is -2.29. The average Bonchev–Trinajstić information content (AvgIpc) is 2.92. The van der Waals surface area contributed by atoms with Gasteiger partial charge in [0.1, 0.15) is 5.75 Å². The molecule has 1 unspecified atom stereocenters. The Labute approximate surface area is 115 Å². The van der Waals surface area contributed by atoms with E-state index in [-0.39, 0.29) is 5.56 Å². The van der Waals surface area contributed by atoms with Crippen molar-refractivity contribution in [2.45, 2.75) is 12.5 Å². The number of hydrogen-bond donors (Lipinski definition) is 2. The Kier molecular flexibility index (Phi) is 3.38. The largest absolute Gasteiger partial charge is 0.493 e. The molecule has 1 heterocycles. The summed E-state index contributed by atoms with van der Waals surface area (Å²) in [7, 11) is 0. The third-order valence-corrected chi connectivity index (χ3v) is 3.51. The van der Waals surface area contributed by atoms with Crippen LogP contribution in [0.1, 0.15) is 22.7 Å². The van der Waals surface area contributed by atoms with Crippen LogP contribution < -0.4 is 16.0 Å². The zero-order valence-electron chi connectivity index (χ0n) is 10.7. The zero-order valence-corrected chi connectivity index (χ0v) is 10.7. The van der Waals surface area contributed by atoms with Gasteiger partial charge in [-0.2, -0.15) is 0 Å². The quantitative estimate of drug-likeness (QED) is 0.668. The molecule has 104 valence electrons. The van der Waals surface area contributed by atoms with E-state index in [9.17, 15) is 8.78 Å². The Balaban J connectivity index is 2.03. The van der Waals surface area contributed by atoms with Crippen LogP contribution in [0.2, 0.25) is 0 Å². The van der Waals surface area contributed by atoms with Crippen molar-refractivity contribution in [2.75, 3.05) is 6.61 Å². The fraction of sp³-hybridized carbons (Fsp3) is 0.200. The van der Waals surface area contributed by atoms with Crippen LogP contribution in [0.3, 0.4) is 0 Å². The predicted molar refractivity (Wildman–Crippen MR) is 71.2 cm³/mol. The third kappa shape index (κ3) is 2.15. The van der Waals surface area contributed by atoms with Gasteiger partial charge in [0.2, 0.25) is 0 Å². The smallest absolute Gasteiger partial charge is 0.163 e. The summed E-state index contributed by atoms with van der Waals surface area (Å²) in [5, 5.41) is 0. The zero-order chi connectivity index (χ0) is 14.1. The van der Waals surface area contributed by atoms with Crippen LogP contribution in [0.4, 0.5) is 8.78 Å². The van der Waals surface area contributed by atoms with Crippen LogP contribution in [0.25, 0.3) is 0 Å². The van der Waals surface area contributed by atoms with Crippen molar-refractivity contribution in [3.05, 3.63) is 64.7 Å². The van der Waals surface area contributed by atoms with Gasteiger partial charge in [-0.05, 0) is 23.3 Å². The third-order valence-electron chi connectivity index (χ3n) is 3.51.